The van der Waals surface area contributed by atoms with Crippen LogP contribution in [0.25, 0.3) is 10.9 Å². The second-order valence-corrected chi connectivity index (χ2v) is 4.64. The van der Waals surface area contributed by atoms with Gasteiger partial charge in [-0.1, -0.05) is 23.4 Å². The van der Waals surface area contributed by atoms with Gasteiger partial charge in [0, 0.05) is 30.7 Å². The highest BCUT2D eigenvalue weighted by molar-refractivity contribution is 5.83. The van der Waals surface area contributed by atoms with E-state index in [9.17, 15) is 0 Å². The van der Waals surface area contributed by atoms with Gasteiger partial charge in [-0.25, -0.2) is 0 Å². The number of aromatic amines is 1. The second kappa shape index (κ2) is 5.24. The van der Waals surface area contributed by atoms with Crippen LogP contribution in [0.3, 0.4) is 0 Å². The molecule has 0 amide bonds. The molecule has 0 bridgehead atoms. The summed E-state index contributed by atoms with van der Waals surface area (Å²) in [5.74, 6) is 0. The molecule has 2 heterocycles. The van der Waals surface area contributed by atoms with Crippen LogP contribution in [0.4, 0.5) is 0 Å². The van der Waals surface area contributed by atoms with Gasteiger partial charge in [0.1, 0.15) is 0 Å². The summed E-state index contributed by atoms with van der Waals surface area (Å²) in [7, 11) is 1.91. The lowest BCUT2D eigenvalue weighted by molar-refractivity contribution is 0.617. The van der Waals surface area contributed by atoms with Crippen molar-refractivity contribution in [2.45, 2.75) is 13.0 Å². The zero-order valence-corrected chi connectivity index (χ0v) is 10.9. The van der Waals surface area contributed by atoms with E-state index in [1.165, 1.54) is 16.5 Å². The highest BCUT2D eigenvalue weighted by Gasteiger charge is 2.03. The lowest BCUT2D eigenvalue weighted by atomic mass is 10.1. The average Bonchev–Trinajstić information content (AvgIpc) is 3.02. The highest BCUT2D eigenvalue weighted by atomic mass is 15.4. The minimum absolute atomic E-state index is 0.797. The van der Waals surface area contributed by atoms with Gasteiger partial charge in [0.2, 0.25) is 0 Å². The van der Waals surface area contributed by atoms with Gasteiger partial charge in [0.05, 0.1) is 11.9 Å². The molecule has 0 aliphatic rings. The van der Waals surface area contributed by atoms with Gasteiger partial charge in [-0.2, -0.15) is 0 Å². The third-order valence-electron chi connectivity index (χ3n) is 3.36. The van der Waals surface area contributed by atoms with E-state index in [2.05, 4.69) is 51.1 Å². The van der Waals surface area contributed by atoms with E-state index in [1.807, 2.05) is 7.05 Å². The Morgan fingerprint density at radius 1 is 1.32 bits per heavy atom. The predicted molar refractivity (Wildman–Crippen MR) is 74.7 cm³/mol. The lowest BCUT2D eigenvalue weighted by Crippen LogP contribution is -2.18. The van der Waals surface area contributed by atoms with Crippen LogP contribution >= 0.6 is 0 Å². The standard InChI is InChI=1S/C14H17N5/c1-19-12(10-17-18-19)9-15-7-6-11-8-16-14-5-3-2-4-13(11)14/h2-5,8,10,15-16H,6-7,9H2,1H3. The summed E-state index contributed by atoms with van der Waals surface area (Å²) in [4.78, 5) is 3.30. The smallest absolute Gasteiger partial charge is 0.0738 e. The van der Waals surface area contributed by atoms with Gasteiger partial charge in [0.15, 0.2) is 0 Å². The van der Waals surface area contributed by atoms with Crippen molar-refractivity contribution in [3.05, 3.63) is 47.9 Å². The van der Waals surface area contributed by atoms with Gasteiger partial charge in [0.25, 0.3) is 0 Å². The number of para-hydroxylation sites is 1. The topological polar surface area (TPSA) is 58.5 Å². The quantitative estimate of drug-likeness (QED) is 0.681. The summed E-state index contributed by atoms with van der Waals surface area (Å²) in [5.41, 5.74) is 3.65. The number of hydrogen-bond donors (Lipinski definition) is 2. The van der Waals surface area contributed by atoms with Gasteiger partial charge in [-0.05, 0) is 24.6 Å². The number of hydrogen-bond acceptors (Lipinski definition) is 3. The van der Waals surface area contributed by atoms with Gasteiger partial charge >= 0.3 is 0 Å². The van der Waals surface area contributed by atoms with Crippen molar-refractivity contribution in [3.8, 4) is 0 Å². The fraction of sp³-hybridized carbons (Fsp3) is 0.286. The molecule has 5 nitrogen and oxygen atoms in total. The van der Waals surface area contributed by atoms with E-state index >= 15 is 0 Å². The first-order chi connectivity index (χ1) is 9.34. The maximum absolute atomic E-state index is 3.91. The van der Waals surface area contributed by atoms with E-state index in [4.69, 9.17) is 0 Å². The molecule has 0 atom stereocenters. The summed E-state index contributed by atoms with van der Waals surface area (Å²) < 4.78 is 1.79. The van der Waals surface area contributed by atoms with Crippen LogP contribution in [0.2, 0.25) is 0 Å². The molecule has 0 fully saturated rings. The molecule has 19 heavy (non-hydrogen) atoms. The van der Waals surface area contributed by atoms with Crippen molar-refractivity contribution in [1.29, 1.82) is 0 Å². The number of rotatable bonds is 5. The monoisotopic (exact) mass is 255 g/mol. The third kappa shape index (κ3) is 2.51. The molecule has 5 heteroatoms. The molecule has 2 aromatic heterocycles. The zero-order valence-electron chi connectivity index (χ0n) is 10.9. The molecule has 0 unspecified atom stereocenters. The summed E-state index contributed by atoms with van der Waals surface area (Å²) >= 11 is 0. The zero-order chi connectivity index (χ0) is 13.1. The molecule has 3 aromatic rings. The van der Waals surface area contributed by atoms with Crippen LogP contribution in [0.5, 0.6) is 0 Å². The summed E-state index contributed by atoms with van der Waals surface area (Å²) in [6.07, 6.45) is 4.89. The Labute approximate surface area is 111 Å². The Kier molecular flexibility index (Phi) is 3.29. The number of H-pyrrole nitrogens is 1. The first-order valence-electron chi connectivity index (χ1n) is 6.44. The molecular weight excluding hydrogens is 238 g/mol. The Morgan fingerprint density at radius 2 is 2.21 bits per heavy atom. The minimum atomic E-state index is 0.797. The number of nitrogens with zero attached hydrogens (tertiary/aromatic N) is 3. The Morgan fingerprint density at radius 3 is 3.05 bits per heavy atom. The minimum Gasteiger partial charge on any atom is -0.361 e. The molecular formula is C14H17N5. The van der Waals surface area contributed by atoms with Crippen LogP contribution in [-0.4, -0.2) is 26.5 Å². The van der Waals surface area contributed by atoms with Crippen molar-refractivity contribution in [2.75, 3.05) is 6.54 Å². The molecule has 98 valence electrons. The molecule has 0 spiro atoms. The normalized spacial score (nSPS) is 11.2. The fourth-order valence-electron chi connectivity index (χ4n) is 2.25. The number of benzene rings is 1. The molecule has 1 aromatic carbocycles. The number of aryl methyl sites for hydroxylation is 1. The molecule has 0 saturated carbocycles. The fourth-order valence-corrected chi connectivity index (χ4v) is 2.25. The van der Waals surface area contributed by atoms with Crippen LogP contribution in [-0.2, 0) is 20.0 Å². The van der Waals surface area contributed by atoms with Crippen LogP contribution in [0.15, 0.2) is 36.7 Å². The van der Waals surface area contributed by atoms with Gasteiger partial charge in [-0.15, -0.1) is 5.10 Å². The van der Waals surface area contributed by atoms with E-state index in [1.54, 1.807) is 10.9 Å². The molecule has 3 rings (SSSR count). The van der Waals surface area contributed by atoms with Gasteiger partial charge < -0.3 is 10.3 Å². The summed E-state index contributed by atoms with van der Waals surface area (Å²) in [5, 5.41) is 12.5. The first kappa shape index (κ1) is 11.9. The summed E-state index contributed by atoms with van der Waals surface area (Å²) in [6, 6.07) is 8.39. The first-order valence-corrected chi connectivity index (χ1v) is 6.44. The number of fused-ring (bicyclic) bond motifs is 1. The van der Waals surface area contributed by atoms with Crippen molar-refractivity contribution in [1.82, 2.24) is 25.3 Å². The molecule has 0 saturated heterocycles. The largest absolute Gasteiger partial charge is 0.361 e. The average molecular weight is 255 g/mol. The Balaban J connectivity index is 1.57. The molecule has 0 aliphatic heterocycles. The van der Waals surface area contributed by atoms with E-state index in [0.29, 0.717) is 0 Å². The summed E-state index contributed by atoms with van der Waals surface area (Å²) in [6.45, 7) is 1.74. The second-order valence-electron chi connectivity index (χ2n) is 4.64. The van der Waals surface area contributed by atoms with Crippen molar-refractivity contribution in [3.63, 3.8) is 0 Å². The SMILES string of the molecule is Cn1nncc1CNCCc1c[nH]c2ccccc12. The molecule has 2 N–H and O–H groups in total. The molecule has 0 aliphatic carbocycles. The van der Waals surface area contributed by atoms with Crippen molar-refractivity contribution in [2.24, 2.45) is 7.05 Å². The number of aromatic nitrogens is 4. The van der Waals surface area contributed by atoms with E-state index < -0.39 is 0 Å². The Hall–Kier alpha value is -2.14. The van der Waals surface area contributed by atoms with Crippen molar-refractivity contribution < 1.29 is 0 Å². The maximum Gasteiger partial charge on any atom is 0.0738 e. The van der Waals surface area contributed by atoms with Crippen molar-refractivity contribution >= 4 is 10.9 Å². The van der Waals surface area contributed by atoms with Gasteiger partial charge in [-0.3, -0.25) is 4.68 Å². The lowest BCUT2D eigenvalue weighted by Gasteiger charge is -2.04. The third-order valence-corrected chi connectivity index (χ3v) is 3.36. The number of nitrogens with one attached hydrogen (secondary N) is 2. The van der Waals surface area contributed by atoms with E-state index in [0.717, 1.165) is 25.2 Å². The Bertz CT molecular complexity index is 667. The van der Waals surface area contributed by atoms with Crippen LogP contribution < -0.4 is 5.32 Å². The van der Waals surface area contributed by atoms with E-state index in [-0.39, 0.29) is 0 Å². The van der Waals surface area contributed by atoms with Crippen LogP contribution in [0, 0.1) is 0 Å². The predicted octanol–water partition coefficient (Wildman–Crippen LogP) is 1.63. The van der Waals surface area contributed by atoms with Crippen LogP contribution in [0.1, 0.15) is 11.3 Å². The highest BCUT2D eigenvalue weighted by Crippen LogP contribution is 2.17. The molecule has 0 radical (unpaired) electrons. The maximum atomic E-state index is 3.91.